The van der Waals surface area contributed by atoms with E-state index in [0.29, 0.717) is 57.6 Å². The molecule has 0 radical (unpaired) electrons. The molecule has 1 atom stereocenters. The predicted octanol–water partition coefficient (Wildman–Crippen LogP) is 2.96. The average Bonchev–Trinajstić information content (AvgIpc) is 3.03. The van der Waals surface area contributed by atoms with Crippen LogP contribution in [0.3, 0.4) is 0 Å². The van der Waals surface area contributed by atoms with Gasteiger partial charge in [0.15, 0.2) is 0 Å². The normalized spacial score (nSPS) is 13.7. The summed E-state index contributed by atoms with van der Waals surface area (Å²) in [4.78, 5) is 16.7. The van der Waals surface area contributed by atoms with Crippen LogP contribution in [0.5, 0.6) is 0 Å². The molecule has 0 bridgehead atoms. The van der Waals surface area contributed by atoms with Gasteiger partial charge in [0.2, 0.25) is 0 Å². The molecule has 0 unspecified atom stereocenters. The molecule has 2 rings (SSSR count). The summed E-state index contributed by atoms with van der Waals surface area (Å²) < 4.78 is 0. The molecule has 30 heavy (non-hydrogen) atoms. The second-order valence-electron chi connectivity index (χ2n) is 6.70. The Bertz CT molecular complexity index is 1020. The van der Waals surface area contributed by atoms with Crippen molar-refractivity contribution in [3.63, 3.8) is 0 Å². The van der Waals surface area contributed by atoms with Gasteiger partial charge in [0.05, 0.1) is 27.9 Å². The lowest BCUT2D eigenvalue weighted by Crippen LogP contribution is -2.17. The number of aliphatic hydroxyl groups excluding tert-OH is 1. The number of nitrogens with two attached hydrogens (primary N) is 2. The molecule has 0 saturated heterocycles. The molecular weight excluding hydrogens is 402 g/mol. The van der Waals surface area contributed by atoms with Crippen LogP contribution in [0.25, 0.3) is 11.0 Å². The predicted molar refractivity (Wildman–Crippen MR) is 125 cm³/mol. The Kier molecular flexibility index (Phi) is 8.20. The number of anilines is 1. The largest absolute Gasteiger partial charge is 0.404 e. The highest BCUT2D eigenvalue weighted by molar-refractivity contribution is 6.37. The Morgan fingerprint density at radius 2 is 2.17 bits per heavy atom. The highest BCUT2D eigenvalue weighted by atomic mass is 35.5. The van der Waals surface area contributed by atoms with Gasteiger partial charge in [-0.25, -0.2) is 9.97 Å². The van der Waals surface area contributed by atoms with Gasteiger partial charge in [-0.15, -0.1) is 0 Å². The smallest absolute Gasteiger partial charge is 0.144 e. The fourth-order valence-electron chi connectivity index (χ4n) is 2.71. The molecular formula is C21H28ClN7O. The lowest BCUT2D eigenvalue weighted by molar-refractivity contribution is 0.208. The molecule has 0 fully saturated rings. The van der Waals surface area contributed by atoms with E-state index in [1.807, 2.05) is 6.92 Å². The summed E-state index contributed by atoms with van der Waals surface area (Å²) in [5, 5.41) is 14.1. The number of halogens is 1. The van der Waals surface area contributed by atoms with Crippen molar-refractivity contribution in [2.24, 2.45) is 16.5 Å². The highest BCUT2D eigenvalue weighted by Gasteiger charge is 2.17. The number of aryl methyl sites for hydroxylation is 1. The maximum absolute atomic E-state index is 9.66. The van der Waals surface area contributed by atoms with Crippen LogP contribution in [-0.2, 0) is 12.8 Å². The van der Waals surface area contributed by atoms with E-state index in [4.69, 9.17) is 23.1 Å². The molecule has 7 N–H and O–H groups in total. The number of aliphatic imine (C=N–C) groups is 1. The summed E-state index contributed by atoms with van der Waals surface area (Å²) in [5.41, 5.74) is 14.6. The fraction of sp³-hybridized carbons (Fsp3) is 0.286. The van der Waals surface area contributed by atoms with E-state index in [1.54, 1.807) is 19.1 Å². The van der Waals surface area contributed by atoms with Crippen LogP contribution in [0.15, 0.2) is 53.5 Å². The van der Waals surface area contributed by atoms with Crippen molar-refractivity contribution in [2.45, 2.75) is 32.8 Å². The molecule has 0 aliphatic rings. The van der Waals surface area contributed by atoms with E-state index in [0.717, 1.165) is 12.1 Å². The maximum atomic E-state index is 9.66. The number of nitrogens with zero attached hydrogens (tertiary/aromatic N) is 3. The van der Waals surface area contributed by atoms with Crippen molar-refractivity contribution in [2.75, 3.05) is 11.9 Å². The van der Waals surface area contributed by atoms with Crippen LogP contribution in [0.1, 0.15) is 25.4 Å². The number of rotatable bonds is 10. The molecule has 0 aliphatic carbocycles. The second-order valence-corrected chi connectivity index (χ2v) is 7.08. The number of aromatic nitrogens is 3. The zero-order valence-corrected chi connectivity index (χ0v) is 18.0. The number of hydrogen-bond acceptors (Lipinski definition) is 7. The van der Waals surface area contributed by atoms with Crippen molar-refractivity contribution in [1.29, 1.82) is 0 Å². The zero-order chi connectivity index (χ0) is 22.3. The third-order valence-corrected chi connectivity index (χ3v) is 4.59. The quantitative estimate of drug-likeness (QED) is 0.290. The van der Waals surface area contributed by atoms with Crippen LogP contribution in [0.2, 0.25) is 5.02 Å². The Morgan fingerprint density at radius 1 is 1.43 bits per heavy atom. The molecule has 0 amide bonds. The van der Waals surface area contributed by atoms with Crippen LogP contribution in [0.4, 0.5) is 5.82 Å². The van der Waals surface area contributed by atoms with E-state index in [2.05, 4.69) is 38.4 Å². The third-order valence-electron chi connectivity index (χ3n) is 4.17. The summed E-state index contributed by atoms with van der Waals surface area (Å²) in [5.74, 6) is 1.06. The first-order valence-electron chi connectivity index (χ1n) is 9.51. The van der Waals surface area contributed by atoms with E-state index < -0.39 is 6.10 Å². The van der Waals surface area contributed by atoms with E-state index in [1.165, 1.54) is 12.4 Å². The summed E-state index contributed by atoms with van der Waals surface area (Å²) in [6.45, 7) is 11.3. The monoisotopic (exact) mass is 429 g/mol. The average molecular weight is 430 g/mol. The Labute approximate surface area is 181 Å². The Morgan fingerprint density at radius 3 is 2.73 bits per heavy atom. The Balaban J connectivity index is 2.48. The number of aromatic amines is 1. The minimum atomic E-state index is -0.551. The summed E-state index contributed by atoms with van der Waals surface area (Å²) in [6, 6.07) is 0. The van der Waals surface area contributed by atoms with Crippen molar-refractivity contribution in [1.82, 2.24) is 15.0 Å². The van der Waals surface area contributed by atoms with E-state index >= 15 is 0 Å². The first kappa shape index (κ1) is 23.2. The minimum Gasteiger partial charge on any atom is -0.404 e. The molecule has 0 spiro atoms. The number of allylic oxidation sites excluding steroid dienone is 3. The Hall–Kier alpha value is -3.10. The molecule has 2 heterocycles. The number of fused-ring (bicyclic) bond motifs is 1. The van der Waals surface area contributed by atoms with Crippen LogP contribution in [-0.4, -0.2) is 38.9 Å². The van der Waals surface area contributed by atoms with Crippen LogP contribution >= 0.6 is 11.6 Å². The van der Waals surface area contributed by atoms with Gasteiger partial charge in [-0.1, -0.05) is 37.8 Å². The van der Waals surface area contributed by atoms with Gasteiger partial charge < -0.3 is 26.9 Å². The molecule has 2 aromatic rings. The molecule has 8 nitrogen and oxygen atoms in total. The molecule has 2 aromatic heterocycles. The van der Waals surface area contributed by atoms with Gasteiger partial charge in [-0.2, -0.15) is 0 Å². The molecule has 160 valence electrons. The standard InChI is InChI=1S/C21H28ClN7O/c1-5-7-25-16(13(4)24)8-14(10-23)9-17-28-20(26-11-12(3)30)18-19(22)15(6-2)27-21(18)29-17/h5,7-8,10,12,30H,1,4,6,9,11,23-24H2,2-3H3,(H2,26,27,28,29)/b14-10+,16-8+,25-7-/t12-/m0/s1. The van der Waals surface area contributed by atoms with Crippen molar-refractivity contribution >= 4 is 34.7 Å². The lowest BCUT2D eigenvalue weighted by Gasteiger charge is -2.11. The van der Waals surface area contributed by atoms with E-state index in [9.17, 15) is 5.11 Å². The fourth-order valence-corrected chi connectivity index (χ4v) is 3.07. The van der Waals surface area contributed by atoms with Gasteiger partial charge >= 0.3 is 0 Å². The molecule has 0 aromatic carbocycles. The SMILES string of the molecule is C=C\C=N/C(=C/C(=C\N)Cc1nc(NC[C@H](C)O)c2c(Cl)c(CC)[nH]c2n1)C(=C)N. The molecule has 9 heteroatoms. The highest BCUT2D eigenvalue weighted by Crippen LogP contribution is 2.32. The van der Waals surface area contributed by atoms with Gasteiger partial charge in [-0.05, 0) is 31.2 Å². The summed E-state index contributed by atoms with van der Waals surface area (Å²) in [7, 11) is 0. The zero-order valence-electron chi connectivity index (χ0n) is 17.2. The number of nitrogens with one attached hydrogen (secondary N) is 2. The minimum absolute atomic E-state index is 0.298. The van der Waals surface area contributed by atoms with Gasteiger partial charge in [-0.3, -0.25) is 4.99 Å². The summed E-state index contributed by atoms with van der Waals surface area (Å²) >= 11 is 6.51. The number of aliphatic hydroxyl groups is 1. The van der Waals surface area contributed by atoms with Crippen molar-refractivity contribution in [3.8, 4) is 0 Å². The topological polar surface area (TPSA) is 138 Å². The van der Waals surface area contributed by atoms with Gasteiger partial charge in [0, 0.05) is 24.9 Å². The number of hydrogen-bond donors (Lipinski definition) is 5. The lowest BCUT2D eigenvalue weighted by atomic mass is 10.1. The second kappa shape index (κ2) is 10.6. The first-order valence-corrected chi connectivity index (χ1v) is 9.89. The van der Waals surface area contributed by atoms with Gasteiger partial charge in [0.25, 0.3) is 0 Å². The van der Waals surface area contributed by atoms with Crippen molar-refractivity contribution < 1.29 is 5.11 Å². The first-order chi connectivity index (χ1) is 14.3. The van der Waals surface area contributed by atoms with Crippen LogP contribution < -0.4 is 16.8 Å². The third kappa shape index (κ3) is 5.71. The summed E-state index contributed by atoms with van der Waals surface area (Å²) in [6.07, 6.45) is 6.73. The van der Waals surface area contributed by atoms with Gasteiger partial charge in [0.1, 0.15) is 17.3 Å². The molecule has 0 aliphatic heterocycles. The number of H-pyrrole nitrogens is 1. The van der Waals surface area contributed by atoms with Crippen LogP contribution in [0, 0.1) is 0 Å². The van der Waals surface area contributed by atoms with Crippen molar-refractivity contribution in [3.05, 3.63) is 65.0 Å². The van der Waals surface area contributed by atoms with E-state index in [-0.39, 0.29) is 0 Å². The maximum Gasteiger partial charge on any atom is 0.144 e. The molecule has 0 saturated carbocycles.